The minimum atomic E-state index is -0.381. The van der Waals surface area contributed by atoms with Crippen LogP contribution >= 0.6 is 0 Å². The number of anilines is 1. The van der Waals surface area contributed by atoms with Gasteiger partial charge in [0.15, 0.2) is 0 Å². The lowest BCUT2D eigenvalue weighted by atomic mass is 10.1. The molecule has 0 unspecified atom stereocenters. The van der Waals surface area contributed by atoms with Crippen LogP contribution in [-0.4, -0.2) is 34.5 Å². The number of benzene rings is 2. The first kappa shape index (κ1) is 19.8. The third-order valence-corrected chi connectivity index (χ3v) is 5.32. The Hall–Kier alpha value is -3.54. The molecule has 2 aromatic carbocycles. The number of aromatic nitrogens is 2. The van der Waals surface area contributed by atoms with E-state index < -0.39 is 0 Å². The van der Waals surface area contributed by atoms with Crippen molar-refractivity contribution in [2.45, 2.75) is 26.1 Å². The number of hydrogen-bond acceptors (Lipinski definition) is 4. The van der Waals surface area contributed by atoms with Gasteiger partial charge in [-0.3, -0.25) is 4.79 Å². The normalized spacial score (nSPS) is 12.1. The summed E-state index contributed by atoms with van der Waals surface area (Å²) < 4.78 is 7.46. The van der Waals surface area contributed by atoms with E-state index in [0.717, 1.165) is 28.0 Å². The van der Waals surface area contributed by atoms with E-state index in [-0.39, 0.29) is 11.9 Å². The molecule has 0 radical (unpaired) electrons. The van der Waals surface area contributed by atoms with Crippen molar-refractivity contribution in [1.29, 1.82) is 0 Å². The highest BCUT2D eigenvalue weighted by Crippen LogP contribution is 2.22. The molecule has 0 fully saturated rings. The van der Waals surface area contributed by atoms with E-state index in [9.17, 15) is 4.79 Å². The quantitative estimate of drug-likeness (QED) is 0.457. The van der Waals surface area contributed by atoms with E-state index in [0.29, 0.717) is 13.1 Å². The average Bonchev–Trinajstić information content (AvgIpc) is 3.42. The summed E-state index contributed by atoms with van der Waals surface area (Å²) in [6.45, 7) is 2.84. The Bertz CT molecular complexity index is 1110. The predicted octanol–water partition coefficient (Wildman–Crippen LogP) is 4.49. The number of rotatable bonds is 7. The van der Waals surface area contributed by atoms with Crippen molar-refractivity contribution in [3.05, 3.63) is 84.6 Å². The number of nitrogens with zero attached hydrogens (tertiary/aromatic N) is 4. The van der Waals surface area contributed by atoms with Gasteiger partial charge in [-0.05, 0) is 48.9 Å². The molecule has 0 N–H and O–H groups in total. The molecule has 6 heteroatoms. The maximum Gasteiger partial charge on any atom is 0.246 e. The molecule has 0 aliphatic rings. The van der Waals surface area contributed by atoms with Crippen molar-refractivity contribution in [3.63, 3.8) is 0 Å². The molecule has 0 saturated carbocycles. The van der Waals surface area contributed by atoms with Crippen LogP contribution in [0.15, 0.2) is 77.7 Å². The van der Waals surface area contributed by atoms with Gasteiger partial charge in [-0.2, -0.15) is 0 Å². The van der Waals surface area contributed by atoms with Crippen LogP contribution in [0.25, 0.3) is 11.0 Å². The second kappa shape index (κ2) is 8.45. The summed E-state index contributed by atoms with van der Waals surface area (Å²) in [6, 6.07) is 19.5. The van der Waals surface area contributed by atoms with Crippen LogP contribution in [0.4, 0.5) is 5.69 Å². The number of carbonyl (C=O) groups excluding carboxylic acids is 1. The van der Waals surface area contributed by atoms with Gasteiger partial charge in [0.1, 0.15) is 11.8 Å². The number of amides is 1. The SMILES string of the molecule is C[C@H](C(=O)N(Cc1ccc(N(C)C)cc1)Cc1ccco1)n1cnc2ccccc21. The largest absolute Gasteiger partial charge is 0.467 e. The second-order valence-corrected chi connectivity index (χ2v) is 7.65. The average molecular weight is 402 g/mol. The van der Waals surface area contributed by atoms with Crippen LogP contribution in [0.3, 0.4) is 0 Å². The molecule has 2 heterocycles. The molecular weight excluding hydrogens is 376 g/mol. The Kier molecular flexibility index (Phi) is 5.57. The number of carbonyl (C=O) groups is 1. The summed E-state index contributed by atoms with van der Waals surface area (Å²) in [7, 11) is 4.03. The minimum absolute atomic E-state index is 0.0197. The van der Waals surface area contributed by atoms with E-state index in [4.69, 9.17) is 4.42 Å². The van der Waals surface area contributed by atoms with Gasteiger partial charge >= 0.3 is 0 Å². The molecule has 6 nitrogen and oxygen atoms in total. The smallest absolute Gasteiger partial charge is 0.246 e. The zero-order chi connectivity index (χ0) is 21.1. The molecular formula is C24H26N4O2. The fraction of sp³-hybridized carbons (Fsp3) is 0.250. The zero-order valence-corrected chi connectivity index (χ0v) is 17.5. The van der Waals surface area contributed by atoms with Crippen molar-refractivity contribution >= 4 is 22.6 Å². The van der Waals surface area contributed by atoms with Crippen molar-refractivity contribution in [1.82, 2.24) is 14.5 Å². The van der Waals surface area contributed by atoms with Crippen molar-refractivity contribution in [2.24, 2.45) is 0 Å². The van der Waals surface area contributed by atoms with Crippen LogP contribution in [-0.2, 0) is 17.9 Å². The second-order valence-electron chi connectivity index (χ2n) is 7.65. The molecule has 30 heavy (non-hydrogen) atoms. The Morgan fingerprint density at radius 2 is 1.80 bits per heavy atom. The number of fused-ring (bicyclic) bond motifs is 1. The van der Waals surface area contributed by atoms with Gasteiger partial charge in [-0.1, -0.05) is 24.3 Å². The summed E-state index contributed by atoms with van der Waals surface area (Å²) in [5.41, 5.74) is 4.03. The highest BCUT2D eigenvalue weighted by atomic mass is 16.3. The highest BCUT2D eigenvalue weighted by molar-refractivity contribution is 5.83. The van der Waals surface area contributed by atoms with Crippen LogP contribution in [0.1, 0.15) is 24.3 Å². The number of furan rings is 1. The summed E-state index contributed by atoms with van der Waals surface area (Å²) in [6.07, 6.45) is 3.38. The van der Waals surface area contributed by atoms with Crippen LogP contribution in [0.5, 0.6) is 0 Å². The maximum atomic E-state index is 13.5. The molecule has 0 aliphatic heterocycles. The molecule has 0 bridgehead atoms. The highest BCUT2D eigenvalue weighted by Gasteiger charge is 2.24. The van der Waals surface area contributed by atoms with Gasteiger partial charge < -0.3 is 18.8 Å². The fourth-order valence-corrected chi connectivity index (χ4v) is 3.59. The van der Waals surface area contributed by atoms with Crippen LogP contribution in [0.2, 0.25) is 0 Å². The molecule has 4 aromatic rings. The van der Waals surface area contributed by atoms with Crippen molar-refractivity contribution in [2.75, 3.05) is 19.0 Å². The summed E-state index contributed by atoms with van der Waals surface area (Å²) in [5.74, 6) is 0.780. The van der Waals surface area contributed by atoms with E-state index in [2.05, 4.69) is 34.1 Å². The van der Waals surface area contributed by atoms with E-state index in [1.54, 1.807) is 12.6 Å². The molecule has 4 rings (SSSR count). The Morgan fingerprint density at radius 1 is 1.03 bits per heavy atom. The molecule has 0 aliphatic carbocycles. The monoisotopic (exact) mass is 402 g/mol. The number of para-hydroxylation sites is 2. The Balaban J connectivity index is 1.60. The molecule has 2 aromatic heterocycles. The van der Waals surface area contributed by atoms with Gasteiger partial charge in [0.25, 0.3) is 0 Å². The first-order valence-corrected chi connectivity index (χ1v) is 10.0. The Labute approximate surface area is 176 Å². The summed E-state index contributed by atoms with van der Waals surface area (Å²) >= 11 is 0. The standard InChI is InChI=1S/C24H26N4O2/c1-18(28-17-25-22-8-4-5-9-23(22)28)24(29)27(16-21-7-6-14-30-21)15-19-10-12-20(13-11-19)26(2)3/h4-14,17-18H,15-16H2,1-3H3/t18-/m1/s1. The number of hydrogen-bond donors (Lipinski definition) is 0. The van der Waals surface area contributed by atoms with E-state index in [1.165, 1.54) is 0 Å². The van der Waals surface area contributed by atoms with Gasteiger partial charge in [0.05, 0.1) is 30.2 Å². The lowest BCUT2D eigenvalue weighted by Crippen LogP contribution is -2.35. The summed E-state index contributed by atoms with van der Waals surface area (Å²) in [4.78, 5) is 21.8. The van der Waals surface area contributed by atoms with Gasteiger partial charge in [0.2, 0.25) is 5.91 Å². The number of imidazole rings is 1. The van der Waals surface area contributed by atoms with E-state index in [1.807, 2.05) is 66.9 Å². The van der Waals surface area contributed by atoms with Gasteiger partial charge in [-0.15, -0.1) is 0 Å². The first-order valence-electron chi connectivity index (χ1n) is 10.0. The topological polar surface area (TPSA) is 54.5 Å². The predicted molar refractivity (Wildman–Crippen MR) is 118 cm³/mol. The van der Waals surface area contributed by atoms with Crippen LogP contribution in [0, 0.1) is 0 Å². The third kappa shape index (κ3) is 4.08. The van der Waals surface area contributed by atoms with Crippen molar-refractivity contribution < 1.29 is 9.21 Å². The molecule has 1 amide bonds. The van der Waals surface area contributed by atoms with Crippen molar-refractivity contribution in [3.8, 4) is 0 Å². The van der Waals surface area contributed by atoms with Gasteiger partial charge in [-0.25, -0.2) is 4.98 Å². The lowest BCUT2D eigenvalue weighted by molar-refractivity contribution is -0.135. The zero-order valence-electron chi connectivity index (χ0n) is 17.5. The molecule has 0 spiro atoms. The first-order chi connectivity index (χ1) is 14.5. The molecule has 154 valence electrons. The summed E-state index contributed by atoms with van der Waals surface area (Å²) in [5, 5.41) is 0. The minimum Gasteiger partial charge on any atom is -0.467 e. The maximum absolute atomic E-state index is 13.5. The lowest BCUT2D eigenvalue weighted by Gasteiger charge is -2.26. The molecule has 0 saturated heterocycles. The Morgan fingerprint density at radius 3 is 2.50 bits per heavy atom. The van der Waals surface area contributed by atoms with Gasteiger partial charge in [0, 0.05) is 26.3 Å². The van der Waals surface area contributed by atoms with E-state index >= 15 is 0 Å². The molecule has 1 atom stereocenters. The third-order valence-electron chi connectivity index (χ3n) is 5.32. The van der Waals surface area contributed by atoms with Crippen LogP contribution < -0.4 is 4.90 Å². The fourth-order valence-electron chi connectivity index (χ4n) is 3.59.